The maximum absolute atomic E-state index is 12.3. The molecule has 5 nitrogen and oxygen atoms in total. The summed E-state index contributed by atoms with van der Waals surface area (Å²) in [5, 5.41) is 15.2. The molecule has 1 aliphatic rings. The number of carbonyl (C=O) groups is 1. The summed E-state index contributed by atoms with van der Waals surface area (Å²) < 4.78 is 0. The summed E-state index contributed by atoms with van der Waals surface area (Å²) in [5.74, 6) is -0.117. The monoisotopic (exact) mass is 359 g/mol. The molecule has 1 aromatic carbocycles. The Kier molecular flexibility index (Phi) is 6.55. The smallest absolute Gasteiger partial charge is 0.270 e. The number of benzene rings is 1. The van der Waals surface area contributed by atoms with Crippen LogP contribution in [0, 0.1) is 0 Å². The van der Waals surface area contributed by atoms with Crippen molar-refractivity contribution in [2.24, 2.45) is 0 Å². The lowest BCUT2D eigenvalue weighted by molar-refractivity contribution is 0.0847. The number of likely N-dealkylation sites (tertiary alicyclic amines) is 1. The number of carbonyl (C=O) groups excluding carboxylic acids is 1. The highest BCUT2D eigenvalue weighted by Gasteiger charge is 2.21. The molecule has 1 fully saturated rings. The zero-order valence-electron chi connectivity index (χ0n) is 14.4. The molecule has 6 heteroatoms. The standard InChI is InChI=1S/C19H25N3O2S/c23-13-16-8-4-5-10-22(16)11-9-20-19(24)17-14-25-18(21-17)12-15-6-2-1-3-7-15/h1-3,6-7,14,16,23H,4-5,8-13H2,(H,20,24)/t16-/m1/s1. The van der Waals surface area contributed by atoms with E-state index >= 15 is 0 Å². The van der Waals surface area contributed by atoms with E-state index in [9.17, 15) is 9.90 Å². The lowest BCUT2D eigenvalue weighted by atomic mass is 10.0. The fourth-order valence-electron chi connectivity index (χ4n) is 3.23. The van der Waals surface area contributed by atoms with Crippen molar-refractivity contribution in [2.75, 3.05) is 26.2 Å². The number of hydrogen-bond acceptors (Lipinski definition) is 5. The van der Waals surface area contributed by atoms with Gasteiger partial charge in [0.2, 0.25) is 0 Å². The van der Waals surface area contributed by atoms with E-state index < -0.39 is 0 Å². The van der Waals surface area contributed by atoms with Crippen LogP contribution in [0.2, 0.25) is 0 Å². The van der Waals surface area contributed by atoms with Gasteiger partial charge in [-0.1, -0.05) is 36.8 Å². The largest absolute Gasteiger partial charge is 0.395 e. The van der Waals surface area contributed by atoms with E-state index in [0.29, 0.717) is 12.2 Å². The van der Waals surface area contributed by atoms with Crippen LogP contribution in [0.25, 0.3) is 0 Å². The average molecular weight is 359 g/mol. The van der Waals surface area contributed by atoms with Gasteiger partial charge in [-0.15, -0.1) is 11.3 Å². The number of aliphatic hydroxyl groups is 1. The number of aliphatic hydroxyl groups excluding tert-OH is 1. The highest BCUT2D eigenvalue weighted by Crippen LogP contribution is 2.16. The zero-order chi connectivity index (χ0) is 17.5. The van der Waals surface area contributed by atoms with Gasteiger partial charge < -0.3 is 10.4 Å². The van der Waals surface area contributed by atoms with E-state index in [1.165, 1.54) is 29.7 Å². The molecule has 0 spiro atoms. The maximum atomic E-state index is 12.3. The second kappa shape index (κ2) is 9.08. The van der Waals surface area contributed by atoms with E-state index in [1.807, 2.05) is 23.6 Å². The third-order valence-corrected chi connectivity index (χ3v) is 5.48. The summed E-state index contributed by atoms with van der Waals surface area (Å²) in [6.07, 6.45) is 4.14. The van der Waals surface area contributed by atoms with Crippen molar-refractivity contribution < 1.29 is 9.90 Å². The van der Waals surface area contributed by atoms with Crippen molar-refractivity contribution in [3.05, 3.63) is 52.0 Å². The second-order valence-electron chi connectivity index (χ2n) is 6.41. The fraction of sp³-hybridized carbons (Fsp3) is 0.474. The minimum Gasteiger partial charge on any atom is -0.395 e. The molecule has 0 bridgehead atoms. The Labute approximate surface area is 152 Å². The van der Waals surface area contributed by atoms with Crippen molar-refractivity contribution in [3.63, 3.8) is 0 Å². The van der Waals surface area contributed by atoms with Crippen LogP contribution in [0.1, 0.15) is 40.3 Å². The summed E-state index contributed by atoms with van der Waals surface area (Å²) >= 11 is 1.52. The van der Waals surface area contributed by atoms with Gasteiger partial charge in [-0.25, -0.2) is 4.98 Å². The number of nitrogens with zero attached hydrogens (tertiary/aromatic N) is 2. The first-order valence-electron chi connectivity index (χ1n) is 8.87. The molecular weight excluding hydrogens is 334 g/mol. The van der Waals surface area contributed by atoms with Crippen LogP contribution in [0.15, 0.2) is 35.7 Å². The van der Waals surface area contributed by atoms with Gasteiger partial charge in [0.05, 0.1) is 11.6 Å². The third-order valence-electron chi connectivity index (χ3n) is 4.63. The number of piperidine rings is 1. The van der Waals surface area contributed by atoms with Crippen LogP contribution < -0.4 is 5.32 Å². The molecule has 25 heavy (non-hydrogen) atoms. The summed E-state index contributed by atoms with van der Waals surface area (Å²) in [7, 11) is 0. The van der Waals surface area contributed by atoms with Crippen LogP contribution in [0.5, 0.6) is 0 Å². The number of thiazole rings is 1. The van der Waals surface area contributed by atoms with Gasteiger partial charge >= 0.3 is 0 Å². The maximum Gasteiger partial charge on any atom is 0.270 e. The van der Waals surface area contributed by atoms with E-state index in [1.54, 1.807) is 0 Å². The molecule has 0 aliphatic carbocycles. The van der Waals surface area contributed by atoms with Crippen LogP contribution in [0.4, 0.5) is 0 Å². The number of hydrogen-bond donors (Lipinski definition) is 2. The Balaban J connectivity index is 1.47. The van der Waals surface area contributed by atoms with Gasteiger partial charge in [0.15, 0.2) is 0 Å². The van der Waals surface area contributed by atoms with Crippen LogP contribution in [-0.2, 0) is 6.42 Å². The molecule has 1 saturated heterocycles. The van der Waals surface area contributed by atoms with Gasteiger partial charge in [0, 0.05) is 30.9 Å². The summed E-state index contributed by atoms with van der Waals surface area (Å²) in [5.41, 5.74) is 1.69. The van der Waals surface area contributed by atoms with E-state index in [4.69, 9.17) is 0 Å². The number of amides is 1. The molecular formula is C19H25N3O2S. The van der Waals surface area contributed by atoms with E-state index in [0.717, 1.165) is 30.9 Å². The first-order chi connectivity index (χ1) is 12.3. The van der Waals surface area contributed by atoms with E-state index in [-0.39, 0.29) is 18.6 Å². The van der Waals surface area contributed by atoms with Gasteiger partial charge in [0.25, 0.3) is 5.91 Å². The number of rotatable bonds is 7. The minimum atomic E-state index is -0.117. The molecule has 1 atom stereocenters. The first-order valence-corrected chi connectivity index (χ1v) is 9.75. The Morgan fingerprint density at radius 2 is 2.16 bits per heavy atom. The summed E-state index contributed by atoms with van der Waals surface area (Å²) in [6, 6.07) is 10.4. The average Bonchev–Trinajstić information content (AvgIpc) is 3.11. The lowest BCUT2D eigenvalue weighted by Crippen LogP contribution is -2.45. The molecule has 134 valence electrons. The van der Waals surface area contributed by atoms with Gasteiger partial charge in [-0.05, 0) is 24.9 Å². The van der Waals surface area contributed by atoms with Gasteiger partial charge in [0.1, 0.15) is 5.69 Å². The Morgan fingerprint density at radius 3 is 2.96 bits per heavy atom. The molecule has 3 rings (SSSR count). The first kappa shape index (κ1) is 18.0. The molecule has 2 aromatic rings. The van der Waals surface area contributed by atoms with Crippen molar-refractivity contribution in [1.82, 2.24) is 15.2 Å². The fourth-order valence-corrected chi connectivity index (χ4v) is 4.04. The quantitative estimate of drug-likeness (QED) is 0.796. The zero-order valence-corrected chi connectivity index (χ0v) is 15.2. The van der Waals surface area contributed by atoms with Gasteiger partial charge in [-0.2, -0.15) is 0 Å². The normalized spacial score (nSPS) is 18.2. The molecule has 0 radical (unpaired) electrons. The van der Waals surface area contributed by atoms with Crippen molar-refractivity contribution in [1.29, 1.82) is 0 Å². The topological polar surface area (TPSA) is 65.5 Å². The predicted molar refractivity (Wildman–Crippen MR) is 100.0 cm³/mol. The Hall–Kier alpha value is -1.76. The number of nitrogens with one attached hydrogen (secondary N) is 1. The molecule has 0 unspecified atom stereocenters. The summed E-state index contributed by atoms with van der Waals surface area (Å²) in [6.45, 7) is 2.56. The van der Waals surface area contributed by atoms with Crippen LogP contribution in [-0.4, -0.2) is 53.2 Å². The van der Waals surface area contributed by atoms with E-state index in [2.05, 4.69) is 27.3 Å². The van der Waals surface area contributed by atoms with Gasteiger partial charge in [-0.3, -0.25) is 9.69 Å². The third kappa shape index (κ3) is 5.11. The molecule has 1 amide bonds. The molecule has 2 N–H and O–H groups in total. The summed E-state index contributed by atoms with van der Waals surface area (Å²) in [4.78, 5) is 19.0. The number of aromatic nitrogens is 1. The predicted octanol–water partition coefficient (Wildman–Crippen LogP) is 2.31. The second-order valence-corrected chi connectivity index (χ2v) is 7.36. The molecule has 2 heterocycles. The highest BCUT2D eigenvalue weighted by molar-refractivity contribution is 7.09. The Morgan fingerprint density at radius 1 is 1.32 bits per heavy atom. The van der Waals surface area contributed by atoms with Crippen LogP contribution in [0.3, 0.4) is 0 Å². The minimum absolute atomic E-state index is 0.117. The van der Waals surface area contributed by atoms with Crippen molar-refractivity contribution in [3.8, 4) is 0 Å². The lowest BCUT2D eigenvalue weighted by Gasteiger charge is -2.34. The van der Waals surface area contributed by atoms with Crippen molar-refractivity contribution in [2.45, 2.75) is 31.7 Å². The molecule has 0 saturated carbocycles. The molecule has 1 aliphatic heterocycles. The SMILES string of the molecule is O=C(NCCN1CCCC[C@@H]1CO)c1csc(Cc2ccccc2)n1. The molecule has 1 aromatic heterocycles. The highest BCUT2D eigenvalue weighted by atomic mass is 32.1. The van der Waals surface area contributed by atoms with Crippen LogP contribution >= 0.6 is 11.3 Å². The Bertz CT molecular complexity index is 674. The van der Waals surface area contributed by atoms with Crippen molar-refractivity contribution >= 4 is 17.2 Å².